The molecule has 1 aromatic carbocycles. The van der Waals surface area contributed by atoms with Crippen molar-refractivity contribution in [2.24, 2.45) is 5.92 Å². The number of nitrogens with one attached hydrogen (secondary N) is 1. The molecule has 0 aliphatic heterocycles. The Morgan fingerprint density at radius 3 is 2.26 bits per heavy atom. The highest BCUT2D eigenvalue weighted by Gasteiger charge is 2.09. The fourth-order valence-corrected chi connectivity index (χ4v) is 2.55. The molecule has 1 aromatic heterocycles. The Kier molecular flexibility index (Phi) is 5.79. The molecule has 0 aliphatic carbocycles. The zero-order valence-corrected chi connectivity index (χ0v) is 14.5. The molecular weight excluding hydrogens is 290 g/mol. The SMILES string of the molecule is COc1ccc(CC(C)CNc2nc(C)cc(C)n2)cc1OC. The lowest BCUT2D eigenvalue weighted by molar-refractivity contribution is 0.354. The van der Waals surface area contributed by atoms with E-state index < -0.39 is 0 Å². The minimum atomic E-state index is 0.442. The smallest absolute Gasteiger partial charge is 0.223 e. The van der Waals surface area contributed by atoms with E-state index >= 15 is 0 Å². The number of ether oxygens (including phenoxy) is 2. The molecule has 124 valence electrons. The van der Waals surface area contributed by atoms with Crippen LogP contribution in [0.4, 0.5) is 5.95 Å². The van der Waals surface area contributed by atoms with Gasteiger partial charge in [0.2, 0.25) is 5.95 Å². The van der Waals surface area contributed by atoms with Gasteiger partial charge >= 0.3 is 0 Å². The Balaban J connectivity index is 1.95. The minimum Gasteiger partial charge on any atom is -0.493 e. The Morgan fingerprint density at radius 1 is 1.00 bits per heavy atom. The van der Waals surface area contributed by atoms with Crippen LogP contribution in [-0.4, -0.2) is 30.7 Å². The van der Waals surface area contributed by atoms with Crippen molar-refractivity contribution in [2.45, 2.75) is 27.2 Å². The van der Waals surface area contributed by atoms with Gasteiger partial charge in [-0.25, -0.2) is 9.97 Å². The van der Waals surface area contributed by atoms with Crippen LogP contribution >= 0.6 is 0 Å². The maximum absolute atomic E-state index is 5.35. The van der Waals surface area contributed by atoms with Crippen molar-refractivity contribution in [3.05, 3.63) is 41.2 Å². The van der Waals surface area contributed by atoms with E-state index in [1.807, 2.05) is 32.0 Å². The number of rotatable bonds is 7. The summed E-state index contributed by atoms with van der Waals surface area (Å²) in [6.07, 6.45) is 0.943. The first-order valence-electron chi connectivity index (χ1n) is 7.79. The van der Waals surface area contributed by atoms with Crippen LogP contribution in [0.1, 0.15) is 23.9 Å². The van der Waals surface area contributed by atoms with Crippen LogP contribution in [-0.2, 0) is 6.42 Å². The zero-order chi connectivity index (χ0) is 16.8. The van der Waals surface area contributed by atoms with Crippen molar-refractivity contribution >= 4 is 5.95 Å². The lowest BCUT2D eigenvalue weighted by Crippen LogP contribution is -2.15. The van der Waals surface area contributed by atoms with E-state index in [1.54, 1.807) is 14.2 Å². The lowest BCUT2D eigenvalue weighted by atomic mass is 10.0. The van der Waals surface area contributed by atoms with Gasteiger partial charge in [0, 0.05) is 17.9 Å². The summed E-state index contributed by atoms with van der Waals surface area (Å²) < 4.78 is 10.6. The highest BCUT2D eigenvalue weighted by atomic mass is 16.5. The second-order valence-corrected chi connectivity index (χ2v) is 5.85. The maximum Gasteiger partial charge on any atom is 0.223 e. The average Bonchev–Trinajstić information content (AvgIpc) is 2.52. The van der Waals surface area contributed by atoms with Gasteiger partial charge in [0.25, 0.3) is 0 Å². The topological polar surface area (TPSA) is 56.3 Å². The number of benzene rings is 1. The molecule has 0 aliphatic rings. The molecule has 5 nitrogen and oxygen atoms in total. The van der Waals surface area contributed by atoms with Gasteiger partial charge < -0.3 is 14.8 Å². The first kappa shape index (κ1) is 17.1. The van der Waals surface area contributed by atoms with E-state index in [0.717, 1.165) is 35.9 Å². The molecule has 0 fully saturated rings. The third-order valence-electron chi connectivity index (χ3n) is 3.62. The van der Waals surface area contributed by atoms with Crippen molar-refractivity contribution in [3.8, 4) is 11.5 Å². The van der Waals surface area contributed by atoms with E-state index in [0.29, 0.717) is 11.9 Å². The van der Waals surface area contributed by atoms with Gasteiger partial charge in [0.1, 0.15) is 0 Å². The molecule has 0 amide bonds. The predicted octanol–water partition coefficient (Wildman–Crippen LogP) is 3.40. The van der Waals surface area contributed by atoms with Crippen LogP contribution in [0.25, 0.3) is 0 Å². The second-order valence-electron chi connectivity index (χ2n) is 5.85. The molecule has 1 atom stereocenters. The molecule has 2 aromatic rings. The Morgan fingerprint density at radius 2 is 1.65 bits per heavy atom. The molecule has 0 bridgehead atoms. The Bertz CT molecular complexity index is 638. The molecule has 1 N–H and O–H groups in total. The molecule has 0 saturated heterocycles. The first-order chi connectivity index (χ1) is 11.0. The summed E-state index contributed by atoms with van der Waals surface area (Å²) in [4.78, 5) is 8.81. The van der Waals surface area contributed by atoms with Crippen molar-refractivity contribution in [3.63, 3.8) is 0 Å². The first-order valence-corrected chi connectivity index (χ1v) is 7.79. The van der Waals surface area contributed by atoms with E-state index in [-0.39, 0.29) is 0 Å². The third-order valence-corrected chi connectivity index (χ3v) is 3.62. The van der Waals surface area contributed by atoms with Gasteiger partial charge in [0.15, 0.2) is 11.5 Å². The number of aromatic nitrogens is 2. The number of nitrogens with zero attached hydrogens (tertiary/aromatic N) is 2. The van der Waals surface area contributed by atoms with Gasteiger partial charge in [-0.2, -0.15) is 0 Å². The van der Waals surface area contributed by atoms with E-state index in [9.17, 15) is 0 Å². The molecule has 0 saturated carbocycles. The molecule has 5 heteroatoms. The summed E-state index contributed by atoms with van der Waals surface area (Å²) in [7, 11) is 3.30. The van der Waals surface area contributed by atoms with Gasteiger partial charge in [-0.3, -0.25) is 0 Å². The van der Waals surface area contributed by atoms with Crippen LogP contribution in [0, 0.1) is 19.8 Å². The molecule has 2 rings (SSSR count). The molecule has 1 heterocycles. The average molecular weight is 315 g/mol. The number of aryl methyl sites for hydroxylation is 2. The second kappa shape index (κ2) is 7.81. The number of methoxy groups -OCH3 is 2. The number of anilines is 1. The number of hydrogen-bond donors (Lipinski definition) is 1. The summed E-state index contributed by atoms with van der Waals surface area (Å²) in [5.41, 5.74) is 3.18. The van der Waals surface area contributed by atoms with E-state index in [1.165, 1.54) is 5.56 Å². The quantitative estimate of drug-likeness (QED) is 0.848. The van der Waals surface area contributed by atoms with Gasteiger partial charge in [-0.05, 0) is 49.9 Å². The van der Waals surface area contributed by atoms with Crippen LogP contribution in [0.3, 0.4) is 0 Å². The normalized spacial score (nSPS) is 11.9. The molecule has 1 unspecified atom stereocenters. The lowest BCUT2D eigenvalue weighted by Gasteiger charge is -2.15. The van der Waals surface area contributed by atoms with Crippen LogP contribution in [0.15, 0.2) is 24.3 Å². The highest BCUT2D eigenvalue weighted by molar-refractivity contribution is 5.43. The standard InChI is InChI=1S/C18H25N3O2/c1-12(11-19-18-20-13(2)9-14(3)21-18)8-15-6-7-16(22-4)17(10-15)23-5/h6-7,9-10,12H,8,11H2,1-5H3,(H,19,20,21). The summed E-state index contributed by atoms with van der Waals surface area (Å²) in [6.45, 7) is 6.98. The fraction of sp³-hybridized carbons (Fsp3) is 0.444. The van der Waals surface area contributed by atoms with E-state index in [4.69, 9.17) is 9.47 Å². The fourth-order valence-electron chi connectivity index (χ4n) is 2.55. The predicted molar refractivity (Wildman–Crippen MR) is 92.4 cm³/mol. The van der Waals surface area contributed by atoms with Gasteiger partial charge in [0.05, 0.1) is 14.2 Å². The monoisotopic (exact) mass is 315 g/mol. The molecular formula is C18H25N3O2. The Labute approximate surface area is 138 Å². The molecule has 0 spiro atoms. The third kappa shape index (κ3) is 4.84. The van der Waals surface area contributed by atoms with Gasteiger partial charge in [-0.1, -0.05) is 13.0 Å². The van der Waals surface area contributed by atoms with Crippen LogP contribution in [0.5, 0.6) is 11.5 Å². The van der Waals surface area contributed by atoms with Crippen molar-refractivity contribution in [1.29, 1.82) is 0 Å². The summed E-state index contributed by atoms with van der Waals surface area (Å²) in [5, 5.41) is 3.32. The van der Waals surface area contributed by atoms with Crippen molar-refractivity contribution in [2.75, 3.05) is 26.1 Å². The maximum atomic E-state index is 5.35. The van der Waals surface area contributed by atoms with E-state index in [2.05, 4.69) is 28.3 Å². The zero-order valence-electron chi connectivity index (χ0n) is 14.5. The van der Waals surface area contributed by atoms with Gasteiger partial charge in [-0.15, -0.1) is 0 Å². The largest absolute Gasteiger partial charge is 0.493 e. The highest BCUT2D eigenvalue weighted by Crippen LogP contribution is 2.28. The molecule has 0 radical (unpaired) electrons. The summed E-state index contributed by atoms with van der Waals surface area (Å²) >= 11 is 0. The van der Waals surface area contributed by atoms with Crippen molar-refractivity contribution < 1.29 is 9.47 Å². The van der Waals surface area contributed by atoms with Crippen molar-refractivity contribution in [1.82, 2.24) is 9.97 Å². The minimum absolute atomic E-state index is 0.442. The van der Waals surface area contributed by atoms with Crippen LogP contribution in [0.2, 0.25) is 0 Å². The summed E-state index contributed by atoms with van der Waals surface area (Å²) in [5.74, 6) is 2.66. The number of hydrogen-bond acceptors (Lipinski definition) is 5. The summed E-state index contributed by atoms with van der Waals surface area (Å²) in [6, 6.07) is 8.02. The molecule has 23 heavy (non-hydrogen) atoms. The van der Waals surface area contributed by atoms with Crippen LogP contribution < -0.4 is 14.8 Å². The Hall–Kier alpha value is -2.30.